The van der Waals surface area contributed by atoms with Crippen molar-refractivity contribution in [1.29, 1.82) is 0 Å². The molecule has 1 amide bonds. The Bertz CT molecular complexity index is 1540. The van der Waals surface area contributed by atoms with E-state index < -0.39 is 0 Å². The third-order valence-corrected chi connectivity index (χ3v) is 7.78. The van der Waals surface area contributed by atoms with Gasteiger partial charge >= 0.3 is 0 Å². The molecule has 4 aromatic carbocycles. The standard InChI is InChI=1S/C31H28N4OS/c36-30(25-10-6-9-24(20-25)23-7-2-1-3-8-23)33-27-12-5-4-11-26(27)31-34-28-19-22(13-14-29(28)37-31)21-35-17-15-32-16-18-35/h1-14,19-20,32H,15-18,21H2,(H,33,36). The topological polar surface area (TPSA) is 57.3 Å². The maximum atomic E-state index is 13.2. The summed E-state index contributed by atoms with van der Waals surface area (Å²) in [5, 5.41) is 7.44. The van der Waals surface area contributed by atoms with E-state index in [9.17, 15) is 4.79 Å². The summed E-state index contributed by atoms with van der Waals surface area (Å²) in [4.78, 5) is 20.7. The molecule has 1 aliphatic heterocycles. The number of benzene rings is 4. The monoisotopic (exact) mass is 504 g/mol. The number of piperazine rings is 1. The molecule has 2 heterocycles. The molecule has 1 fully saturated rings. The van der Waals surface area contributed by atoms with Gasteiger partial charge in [0.05, 0.1) is 15.9 Å². The van der Waals surface area contributed by atoms with E-state index in [1.54, 1.807) is 11.3 Å². The normalized spacial score (nSPS) is 14.1. The van der Waals surface area contributed by atoms with Gasteiger partial charge in [-0.1, -0.05) is 60.7 Å². The molecule has 1 aromatic heterocycles. The molecule has 184 valence electrons. The van der Waals surface area contributed by atoms with Gasteiger partial charge < -0.3 is 10.6 Å². The van der Waals surface area contributed by atoms with Crippen molar-refractivity contribution in [2.75, 3.05) is 31.5 Å². The van der Waals surface area contributed by atoms with E-state index in [4.69, 9.17) is 4.98 Å². The van der Waals surface area contributed by atoms with E-state index in [0.29, 0.717) is 5.56 Å². The van der Waals surface area contributed by atoms with Crippen LogP contribution < -0.4 is 10.6 Å². The molecule has 0 unspecified atom stereocenters. The second-order valence-electron chi connectivity index (χ2n) is 9.29. The first kappa shape index (κ1) is 23.6. The lowest BCUT2D eigenvalue weighted by Crippen LogP contribution is -2.42. The lowest BCUT2D eigenvalue weighted by Gasteiger charge is -2.27. The summed E-state index contributed by atoms with van der Waals surface area (Å²) in [7, 11) is 0. The van der Waals surface area contributed by atoms with Gasteiger partial charge in [0, 0.05) is 43.9 Å². The van der Waals surface area contributed by atoms with Crippen LogP contribution in [0.1, 0.15) is 15.9 Å². The van der Waals surface area contributed by atoms with Crippen molar-refractivity contribution in [3.05, 3.63) is 108 Å². The maximum absolute atomic E-state index is 13.2. The van der Waals surface area contributed by atoms with Crippen LogP contribution in [0.2, 0.25) is 0 Å². The average molecular weight is 505 g/mol. The number of aromatic nitrogens is 1. The van der Waals surface area contributed by atoms with E-state index in [1.165, 1.54) is 5.56 Å². The van der Waals surface area contributed by atoms with Gasteiger partial charge in [-0.15, -0.1) is 11.3 Å². The van der Waals surface area contributed by atoms with E-state index in [1.807, 2.05) is 66.7 Å². The number of nitrogens with one attached hydrogen (secondary N) is 2. The van der Waals surface area contributed by atoms with Crippen LogP contribution in [0.4, 0.5) is 5.69 Å². The smallest absolute Gasteiger partial charge is 0.255 e. The average Bonchev–Trinajstić information content (AvgIpc) is 3.38. The molecule has 6 rings (SSSR count). The molecule has 0 radical (unpaired) electrons. The number of fused-ring (bicyclic) bond motifs is 1. The van der Waals surface area contributed by atoms with Gasteiger partial charge in [0.1, 0.15) is 5.01 Å². The van der Waals surface area contributed by atoms with Crippen LogP contribution in [-0.2, 0) is 6.54 Å². The first-order valence-electron chi connectivity index (χ1n) is 12.6. The molecule has 1 aliphatic rings. The molecule has 5 nitrogen and oxygen atoms in total. The minimum Gasteiger partial charge on any atom is -0.321 e. The Kier molecular flexibility index (Phi) is 6.78. The molecule has 0 atom stereocenters. The third-order valence-electron chi connectivity index (χ3n) is 6.71. The minimum atomic E-state index is -0.135. The number of carbonyl (C=O) groups excluding carboxylic acids is 1. The number of rotatable bonds is 6. The highest BCUT2D eigenvalue weighted by molar-refractivity contribution is 7.21. The Morgan fingerprint density at radius 1 is 0.865 bits per heavy atom. The Morgan fingerprint density at radius 2 is 1.65 bits per heavy atom. The van der Waals surface area contributed by atoms with Crippen molar-refractivity contribution in [1.82, 2.24) is 15.2 Å². The zero-order valence-corrected chi connectivity index (χ0v) is 21.3. The highest BCUT2D eigenvalue weighted by Gasteiger charge is 2.15. The molecule has 0 spiro atoms. The van der Waals surface area contributed by atoms with Crippen molar-refractivity contribution in [3.63, 3.8) is 0 Å². The summed E-state index contributed by atoms with van der Waals surface area (Å²) in [5.41, 5.74) is 6.71. The summed E-state index contributed by atoms with van der Waals surface area (Å²) in [6, 6.07) is 32.3. The highest BCUT2D eigenvalue weighted by atomic mass is 32.1. The predicted molar refractivity (Wildman–Crippen MR) is 153 cm³/mol. The molecule has 0 saturated carbocycles. The molecular formula is C31H28N4OS. The number of para-hydroxylation sites is 1. The van der Waals surface area contributed by atoms with Crippen LogP contribution in [0.25, 0.3) is 31.9 Å². The lowest BCUT2D eigenvalue weighted by atomic mass is 10.0. The van der Waals surface area contributed by atoms with Crippen LogP contribution in [0, 0.1) is 0 Å². The fourth-order valence-electron chi connectivity index (χ4n) is 4.76. The number of amides is 1. The van der Waals surface area contributed by atoms with Crippen molar-refractivity contribution in [2.24, 2.45) is 0 Å². The molecule has 0 bridgehead atoms. The number of anilines is 1. The predicted octanol–water partition coefficient (Wildman–Crippen LogP) is 6.29. The van der Waals surface area contributed by atoms with Crippen LogP contribution in [0.3, 0.4) is 0 Å². The summed E-state index contributed by atoms with van der Waals surface area (Å²) >= 11 is 1.66. The molecule has 1 saturated heterocycles. The fraction of sp³-hybridized carbons (Fsp3) is 0.161. The van der Waals surface area contributed by atoms with Gasteiger partial charge in [-0.3, -0.25) is 9.69 Å². The van der Waals surface area contributed by atoms with Crippen molar-refractivity contribution >= 4 is 33.1 Å². The van der Waals surface area contributed by atoms with E-state index in [0.717, 1.165) is 70.3 Å². The summed E-state index contributed by atoms with van der Waals surface area (Å²) in [6.45, 7) is 5.17. The third kappa shape index (κ3) is 5.32. The first-order chi connectivity index (χ1) is 18.2. The maximum Gasteiger partial charge on any atom is 0.255 e. The zero-order chi connectivity index (χ0) is 25.0. The van der Waals surface area contributed by atoms with Gasteiger partial charge in [0.2, 0.25) is 0 Å². The summed E-state index contributed by atoms with van der Waals surface area (Å²) < 4.78 is 1.15. The molecule has 2 N–H and O–H groups in total. The molecule has 6 heteroatoms. The number of carbonyl (C=O) groups is 1. The quantitative estimate of drug-likeness (QED) is 0.285. The van der Waals surface area contributed by atoms with E-state index in [2.05, 4.69) is 45.9 Å². The van der Waals surface area contributed by atoms with Crippen LogP contribution >= 0.6 is 11.3 Å². The Labute approximate surface area is 220 Å². The van der Waals surface area contributed by atoms with E-state index in [-0.39, 0.29) is 5.91 Å². The van der Waals surface area contributed by atoms with Crippen LogP contribution in [0.5, 0.6) is 0 Å². The van der Waals surface area contributed by atoms with E-state index >= 15 is 0 Å². The van der Waals surface area contributed by atoms with Crippen molar-refractivity contribution < 1.29 is 4.79 Å². The van der Waals surface area contributed by atoms with Gasteiger partial charge in [-0.25, -0.2) is 4.98 Å². The molecule has 0 aliphatic carbocycles. The number of nitrogens with zero attached hydrogens (tertiary/aromatic N) is 2. The Morgan fingerprint density at radius 3 is 2.51 bits per heavy atom. The first-order valence-corrected chi connectivity index (χ1v) is 13.4. The van der Waals surface area contributed by atoms with Gasteiger partial charge in [0.15, 0.2) is 0 Å². The Hall–Kier alpha value is -3.84. The number of hydrogen-bond donors (Lipinski definition) is 2. The van der Waals surface area contributed by atoms with Crippen molar-refractivity contribution in [2.45, 2.75) is 6.54 Å². The second-order valence-corrected chi connectivity index (χ2v) is 10.3. The number of hydrogen-bond acceptors (Lipinski definition) is 5. The molecule has 5 aromatic rings. The molecular weight excluding hydrogens is 476 g/mol. The minimum absolute atomic E-state index is 0.135. The number of thiazole rings is 1. The van der Waals surface area contributed by atoms with Crippen molar-refractivity contribution in [3.8, 4) is 21.7 Å². The molecule has 37 heavy (non-hydrogen) atoms. The zero-order valence-electron chi connectivity index (χ0n) is 20.5. The lowest BCUT2D eigenvalue weighted by molar-refractivity contribution is 0.102. The summed E-state index contributed by atoms with van der Waals surface area (Å²) in [6.07, 6.45) is 0. The van der Waals surface area contributed by atoms with Gasteiger partial charge in [-0.05, 0) is 53.1 Å². The fourth-order valence-corrected chi connectivity index (χ4v) is 5.74. The van der Waals surface area contributed by atoms with Crippen LogP contribution in [0.15, 0.2) is 97.1 Å². The van der Waals surface area contributed by atoms with Gasteiger partial charge in [0.25, 0.3) is 5.91 Å². The second kappa shape index (κ2) is 10.6. The SMILES string of the molecule is O=C(Nc1ccccc1-c1nc2cc(CN3CCNCC3)ccc2s1)c1cccc(-c2ccccc2)c1. The van der Waals surface area contributed by atoms with Gasteiger partial charge in [-0.2, -0.15) is 0 Å². The Balaban J connectivity index is 1.24. The van der Waals surface area contributed by atoms with Crippen LogP contribution in [-0.4, -0.2) is 42.0 Å². The highest BCUT2D eigenvalue weighted by Crippen LogP contribution is 2.35. The largest absolute Gasteiger partial charge is 0.321 e. The summed E-state index contributed by atoms with van der Waals surface area (Å²) in [5.74, 6) is -0.135.